The number of hydrogen-bond acceptors (Lipinski definition) is 2. The van der Waals surface area contributed by atoms with Crippen molar-refractivity contribution in [3.05, 3.63) is 28.5 Å². The molecule has 2 rings (SSSR count). The Hall–Kier alpha value is -1.02. The first-order valence-electron chi connectivity index (χ1n) is 7.06. The zero-order chi connectivity index (χ0) is 17.4. The number of halogens is 7. The lowest BCUT2D eigenvalue weighted by molar-refractivity contribution is -0.184. The van der Waals surface area contributed by atoms with Crippen molar-refractivity contribution >= 4 is 11.6 Å². The molecular formula is C14H15ClF6N2. The first kappa shape index (κ1) is 18.3. The minimum atomic E-state index is -4.71. The molecule has 1 aromatic heterocycles. The summed E-state index contributed by atoms with van der Waals surface area (Å²) in [6.45, 7) is 0. The summed E-state index contributed by atoms with van der Waals surface area (Å²) in [5.74, 6) is -1.70. The average Bonchev–Trinajstić information content (AvgIpc) is 2.45. The Morgan fingerprint density at radius 2 is 1.61 bits per heavy atom. The third kappa shape index (κ3) is 4.29. The highest BCUT2D eigenvalue weighted by Gasteiger charge is 2.42. The van der Waals surface area contributed by atoms with Crippen molar-refractivity contribution in [2.24, 2.45) is 17.6 Å². The molecule has 1 aromatic rings. The number of hydrogen-bond donors (Lipinski definition) is 1. The van der Waals surface area contributed by atoms with Gasteiger partial charge in [-0.3, -0.25) is 0 Å². The standard InChI is InChI=1S/C14H15ClF6N2/c15-9-5-6-10(23-12(9)14(19,20)21)11(22)7-1-3-8(4-2-7)13(16,17)18/h5-8,11H,1-4,22H2. The summed E-state index contributed by atoms with van der Waals surface area (Å²) in [5.41, 5.74) is 4.70. The van der Waals surface area contributed by atoms with E-state index in [9.17, 15) is 26.3 Å². The Morgan fingerprint density at radius 3 is 2.09 bits per heavy atom. The molecule has 2 nitrogen and oxygen atoms in total. The van der Waals surface area contributed by atoms with Crippen molar-refractivity contribution in [3.8, 4) is 0 Å². The van der Waals surface area contributed by atoms with Crippen LogP contribution in [0.2, 0.25) is 5.02 Å². The van der Waals surface area contributed by atoms with Gasteiger partial charge in [-0.25, -0.2) is 4.98 Å². The Balaban J connectivity index is 2.12. The molecule has 1 fully saturated rings. The van der Waals surface area contributed by atoms with Gasteiger partial charge in [0.1, 0.15) is 0 Å². The minimum Gasteiger partial charge on any atom is -0.322 e. The van der Waals surface area contributed by atoms with E-state index in [4.69, 9.17) is 17.3 Å². The van der Waals surface area contributed by atoms with Crippen molar-refractivity contribution in [2.45, 2.75) is 44.1 Å². The topological polar surface area (TPSA) is 38.9 Å². The van der Waals surface area contributed by atoms with Gasteiger partial charge in [0, 0.05) is 6.04 Å². The molecule has 9 heteroatoms. The first-order valence-corrected chi connectivity index (χ1v) is 7.44. The highest BCUT2D eigenvalue weighted by Crippen LogP contribution is 2.43. The third-order valence-corrected chi connectivity index (χ3v) is 4.53. The van der Waals surface area contributed by atoms with E-state index in [1.54, 1.807) is 0 Å². The molecule has 0 bridgehead atoms. The van der Waals surface area contributed by atoms with Crippen molar-refractivity contribution in [1.29, 1.82) is 0 Å². The van der Waals surface area contributed by atoms with Crippen LogP contribution < -0.4 is 5.73 Å². The maximum atomic E-state index is 12.8. The predicted octanol–water partition coefficient (Wildman–Crippen LogP) is 5.12. The molecule has 0 aromatic carbocycles. The van der Waals surface area contributed by atoms with Gasteiger partial charge in [-0.2, -0.15) is 26.3 Å². The van der Waals surface area contributed by atoms with Crippen molar-refractivity contribution in [3.63, 3.8) is 0 Å². The van der Waals surface area contributed by atoms with Crippen LogP contribution in [-0.4, -0.2) is 11.2 Å². The largest absolute Gasteiger partial charge is 0.434 e. The number of aromatic nitrogens is 1. The van der Waals surface area contributed by atoms with Crippen LogP contribution in [0.5, 0.6) is 0 Å². The molecule has 1 heterocycles. The van der Waals surface area contributed by atoms with E-state index in [0.717, 1.165) is 6.07 Å². The molecule has 1 atom stereocenters. The fraction of sp³-hybridized carbons (Fsp3) is 0.643. The Morgan fingerprint density at radius 1 is 1.04 bits per heavy atom. The zero-order valence-corrected chi connectivity index (χ0v) is 12.6. The van der Waals surface area contributed by atoms with Crippen molar-refractivity contribution in [2.75, 3.05) is 0 Å². The fourth-order valence-electron chi connectivity index (χ4n) is 2.89. The summed E-state index contributed by atoms with van der Waals surface area (Å²) >= 11 is 5.49. The molecule has 0 radical (unpaired) electrons. The highest BCUT2D eigenvalue weighted by molar-refractivity contribution is 6.31. The van der Waals surface area contributed by atoms with E-state index in [2.05, 4.69) is 4.98 Å². The Kier molecular flexibility index (Phi) is 5.15. The molecule has 1 saturated carbocycles. The van der Waals surface area contributed by atoms with Gasteiger partial charge < -0.3 is 5.73 Å². The lowest BCUT2D eigenvalue weighted by Crippen LogP contribution is -2.32. The molecular weight excluding hydrogens is 346 g/mol. The van der Waals surface area contributed by atoms with E-state index < -0.39 is 35.0 Å². The van der Waals surface area contributed by atoms with Crippen molar-refractivity contribution in [1.82, 2.24) is 4.98 Å². The van der Waals surface area contributed by atoms with Crippen LogP contribution in [0.15, 0.2) is 12.1 Å². The molecule has 130 valence electrons. The predicted molar refractivity (Wildman–Crippen MR) is 72.7 cm³/mol. The van der Waals surface area contributed by atoms with Gasteiger partial charge in [0.2, 0.25) is 0 Å². The maximum Gasteiger partial charge on any atom is 0.434 e. The molecule has 2 N–H and O–H groups in total. The van der Waals surface area contributed by atoms with E-state index in [1.807, 2.05) is 0 Å². The summed E-state index contributed by atoms with van der Waals surface area (Å²) in [6, 6.07) is 1.51. The first-order chi connectivity index (χ1) is 10.5. The van der Waals surface area contributed by atoms with Gasteiger partial charge in [0.25, 0.3) is 0 Å². The van der Waals surface area contributed by atoms with Crippen LogP contribution in [0.3, 0.4) is 0 Å². The summed E-state index contributed by atoms with van der Waals surface area (Å²) in [6.07, 6.45) is -8.67. The van der Waals surface area contributed by atoms with Crippen LogP contribution in [0, 0.1) is 11.8 Å². The summed E-state index contributed by atoms with van der Waals surface area (Å²) in [7, 11) is 0. The lowest BCUT2D eigenvalue weighted by Gasteiger charge is -2.32. The lowest BCUT2D eigenvalue weighted by atomic mass is 9.77. The van der Waals surface area contributed by atoms with E-state index in [0.29, 0.717) is 0 Å². The number of rotatable bonds is 2. The van der Waals surface area contributed by atoms with Crippen LogP contribution >= 0.6 is 11.6 Å². The number of pyridine rings is 1. The van der Waals surface area contributed by atoms with Gasteiger partial charge in [-0.15, -0.1) is 0 Å². The van der Waals surface area contributed by atoms with Crippen LogP contribution in [0.4, 0.5) is 26.3 Å². The number of alkyl halides is 6. The summed E-state index contributed by atoms with van der Waals surface area (Å²) in [5, 5.41) is -0.533. The second kappa shape index (κ2) is 6.47. The molecule has 0 aliphatic heterocycles. The third-order valence-electron chi connectivity index (χ3n) is 4.22. The van der Waals surface area contributed by atoms with E-state index in [-0.39, 0.29) is 37.3 Å². The SMILES string of the molecule is NC(c1ccc(Cl)c(C(F)(F)F)n1)C1CCC(C(F)(F)F)CC1. The monoisotopic (exact) mass is 360 g/mol. The summed E-state index contributed by atoms with van der Waals surface area (Å²) < 4.78 is 76.3. The highest BCUT2D eigenvalue weighted by atomic mass is 35.5. The van der Waals surface area contributed by atoms with Gasteiger partial charge in [-0.1, -0.05) is 11.6 Å². The average molecular weight is 361 g/mol. The normalized spacial score (nSPS) is 24.5. The molecule has 0 spiro atoms. The smallest absolute Gasteiger partial charge is 0.322 e. The van der Waals surface area contributed by atoms with Crippen LogP contribution in [0.25, 0.3) is 0 Å². The maximum absolute atomic E-state index is 12.8. The molecule has 1 aliphatic rings. The minimum absolute atomic E-state index is 0.00261. The molecule has 23 heavy (non-hydrogen) atoms. The summed E-state index contributed by atoms with van der Waals surface area (Å²) in [4.78, 5) is 3.48. The van der Waals surface area contributed by atoms with E-state index >= 15 is 0 Å². The van der Waals surface area contributed by atoms with Crippen molar-refractivity contribution < 1.29 is 26.3 Å². The van der Waals surface area contributed by atoms with Crippen LogP contribution in [-0.2, 0) is 6.18 Å². The fourth-order valence-corrected chi connectivity index (χ4v) is 3.10. The molecule has 1 unspecified atom stereocenters. The molecule has 1 aliphatic carbocycles. The Labute approximate surface area is 134 Å². The zero-order valence-electron chi connectivity index (χ0n) is 11.9. The van der Waals surface area contributed by atoms with Gasteiger partial charge in [0.15, 0.2) is 5.69 Å². The van der Waals surface area contributed by atoms with Gasteiger partial charge in [-0.05, 0) is 43.7 Å². The molecule has 0 saturated heterocycles. The second-order valence-electron chi connectivity index (χ2n) is 5.74. The quantitative estimate of drug-likeness (QED) is 0.743. The number of nitrogens with zero attached hydrogens (tertiary/aromatic N) is 1. The molecule has 0 amide bonds. The Bertz CT molecular complexity index is 549. The number of nitrogens with two attached hydrogens (primary N) is 1. The van der Waals surface area contributed by atoms with Crippen LogP contribution in [0.1, 0.15) is 43.1 Å². The van der Waals surface area contributed by atoms with Gasteiger partial charge in [0.05, 0.1) is 16.6 Å². The second-order valence-corrected chi connectivity index (χ2v) is 6.15. The van der Waals surface area contributed by atoms with Gasteiger partial charge >= 0.3 is 12.4 Å². The van der Waals surface area contributed by atoms with E-state index in [1.165, 1.54) is 6.07 Å².